The fourth-order valence-corrected chi connectivity index (χ4v) is 5.05. The van der Waals surface area contributed by atoms with Crippen molar-refractivity contribution in [3.05, 3.63) is 71.9 Å². The molecular formula is C27H28F3N7O. The maximum atomic E-state index is 14.1. The molecule has 0 aliphatic carbocycles. The third kappa shape index (κ3) is 5.03. The van der Waals surface area contributed by atoms with Gasteiger partial charge in [0.2, 0.25) is 11.9 Å². The van der Waals surface area contributed by atoms with Gasteiger partial charge >= 0.3 is 0 Å². The van der Waals surface area contributed by atoms with Crippen LogP contribution in [0.4, 0.5) is 24.8 Å². The van der Waals surface area contributed by atoms with E-state index < -0.39 is 12.5 Å². The smallest absolute Gasteiger partial charge is 0.278 e. The summed E-state index contributed by atoms with van der Waals surface area (Å²) in [6.45, 7) is 3.10. The van der Waals surface area contributed by atoms with Crippen LogP contribution in [0.15, 0.2) is 54.6 Å². The highest BCUT2D eigenvalue weighted by molar-refractivity contribution is 5.82. The number of halogens is 3. The number of nitrogens with zero attached hydrogens (tertiary/aromatic N) is 5. The minimum Gasteiger partial charge on any atom is -0.382 e. The number of ether oxygens (including phenoxy) is 1. The summed E-state index contributed by atoms with van der Waals surface area (Å²) in [7, 11) is 0. The molecule has 2 fully saturated rings. The quantitative estimate of drug-likeness (QED) is 0.381. The van der Waals surface area contributed by atoms with Gasteiger partial charge in [-0.1, -0.05) is 18.2 Å². The normalized spacial score (nSPS) is 18.8. The van der Waals surface area contributed by atoms with Gasteiger partial charge in [0.25, 0.3) is 6.43 Å². The van der Waals surface area contributed by atoms with Gasteiger partial charge in [0.05, 0.1) is 17.8 Å². The Labute approximate surface area is 217 Å². The summed E-state index contributed by atoms with van der Waals surface area (Å²) >= 11 is 0. The van der Waals surface area contributed by atoms with Crippen LogP contribution in [0, 0.1) is 5.82 Å². The van der Waals surface area contributed by atoms with Crippen molar-refractivity contribution < 1.29 is 17.9 Å². The summed E-state index contributed by atoms with van der Waals surface area (Å²) in [5, 5.41) is 7.42. The van der Waals surface area contributed by atoms with Crippen molar-refractivity contribution in [3.63, 3.8) is 0 Å². The maximum Gasteiger partial charge on any atom is 0.278 e. The van der Waals surface area contributed by atoms with E-state index in [1.165, 1.54) is 22.8 Å². The molecule has 0 saturated carbocycles. The fourth-order valence-electron chi connectivity index (χ4n) is 5.05. The Morgan fingerprint density at radius 2 is 1.74 bits per heavy atom. The molecule has 2 aliphatic rings. The molecule has 1 atom stereocenters. The van der Waals surface area contributed by atoms with Gasteiger partial charge in [0, 0.05) is 43.3 Å². The number of piperidine rings is 1. The van der Waals surface area contributed by atoms with E-state index >= 15 is 0 Å². The lowest BCUT2D eigenvalue weighted by molar-refractivity contribution is 0.0220. The van der Waals surface area contributed by atoms with Crippen molar-refractivity contribution in [1.82, 2.24) is 24.8 Å². The monoisotopic (exact) mass is 523 g/mol. The van der Waals surface area contributed by atoms with Crippen molar-refractivity contribution in [3.8, 4) is 5.95 Å². The zero-order valence-corrected chi connectivity index (χ0v) is 20.7. The minimum atomic E-state index is -2.70. The molecule has 0 bridgehead atoms. The lowest BCUT2D eigenvalue weighted by Gasteiger charge is -2.33. The van der Waals surface area contributed by atoms with Crippen LogP contribution in [-0.4, -0.2) is 58.3 Å². The Bertz CT molecular complexity index is 1400. The van der Waals surface area contributed by atoms with Crippen LogP contribution >= 0.6 is 0 Å². The third-order valence-electron chi connectivity index (χ3n) is 7.00. The molecule has 1 unspecified atom stereocenters. The van der Waals surface area contributed by atoms with Crippen LogP contribution in [0.5, 0.6) is 0 Å². The minimum absolute atomic E-state index is 0.155. The molecule has 2 aliphatic heterocycles. The first-order chi connectivity index (χ1) is 18.5. The molecule has 2 N–H and O–H groups in total. The van der Waals surface area contributed by atoms with Gasteiger partial charge in [-0.15, -0.1) is 0 Å². The lowest BCUT2D eigenvalue weighted by atomic mass is 10.0. The van der Waals surface area contributed by atoms with Crippen LogP contribution in [0.25, 0.3) is 16.9 Å². The molecule has 4 heterocycles. The van der Waals surface area contributed by atoms with Crippen LogP contribution in [0.1, 0.15) is 36.9 Å². The molecule has 38 heavy (non-hydrogen) atoms. The number of aromatic nitrogens is 4. The number of rotatable bonds is 6. The summed E-state index contributed by atoms with van der Waals surface area (Å²) in [5.41, 5.74) is 1.31. The largest absolute Gasteiger partial charge is 0.382 e. The number of para-hydroxylation sites is 1. The van der Waals surface area contributed by atoms with E-state index in [0.29, 0.717) is 48.9 Å². The van der Waals surface area contributed by atoms with Crippen LogP contribution in [0.2, 0.25) is 0 Å². The molecule has 2 aromatic heterocycles. The number of morpholine rings is 1. The van der Waals surface area contributed by atoms with Crippen LogP contribution < -0.4 is 15.5 Å². The average Bonchev–Trinajstić information content (AvgIpc) is 3.35. The molecule has 11 heteroatoms. The Kier molecular flexibility index (Phi) is 6.86. The van der Waals surface area contributed by atoms with Crippen molar-refractivity contribution >= 4 is 22.5 Å². The standard InChI is InChI=1S/C27H28F3N7O/c28-18-5-7-19(8-6-18)32-20-9-12-36(13-10-20)26-33-25(23-16-31-11-14-38-23)34-27(35-26)37-21-4-2-1-3-17(21)15-22(37)24(29)30/h1-8,15,20,23-24,31-32H,9-14,16H2. The van der Waals surface area contributed by atoms with Gasteiger partial charge in [-0.3, -0.25) is 4.57 Å². The number of anilines is 2. The topological polar surface area (TPSA) is 80.1 Å². The molecular weight excluding hydrogens is 495 g/mol. The van der Waals surface area contributed by atoms with Crippen molar-refractivity contribution in [2.24, 2.45) is 0 Å². The Balaban J connectivity index is 1.32. The van der Waals surface area contributed by atoms with E-state index in [9.17, 15) is 13.2 Å². The molecule has 0 amide bonds. The van der Waals surface area contributed by atoms with E-state index in [-0.39, 0.29) is 23.5 Å². The maximum absolute atomic E-state index is 14.1. The zero-order chi connectivity index (χ0) is 26.1. The van der Waals surface area contributed by atoms with Gasteiger partial charge in [-0.05, 0) is 49.2 Å². The van der Waals surface area contributed by atoms with E-state index in [1.807, 2.05) is 12.1 Å². The fraction of sp³-hybridized carbons (Fsp3) is 0.370. The second-order valence-corrected chi connectivity index (χ2v) is 9.53. The second-order valence-electron chi connectivity index (χ2n) is 9.53. The highest BCUT2D eigenvalue weighted by atomic mass is 19.3. The summed E-state index contributed by atoms with van der Waals surface area (Å²) in [5.74, 6) is 0.746. The Morgan fingerprint density at radius 3 is 2.47 bits per heavy atom. The predicted octanol–water partition coefficient (Wildman–Crippen LogP) is 4.63. The average molecular weight is 524 g/mol. The zero-order valence-electron chi connectivity index (χ0n) is 20.7. The molecule has 6 rings (SSSR count). The predicted molar refractivity (Wildman–Crippen MR) is 138 cm³/mol. The third-order valence-corrected chi connectivity index (χ3v) is 7.00. The highest BCUT2D eigenvalue weighted by Crippen LogP contribution is 2.31. The van der Waals surface area contributed by atoms with Crippen molar-refractivity contribution in [1.29, 1.82) is 0 Å². The van der Waals surface area contributed by atoms with Gasteiger partial charge in [0.1, 0.15) is 11.9 Å². The first-order valence-corrected chi connectivity index (χ1v) is 12.8. The number of nitrogens with one attached hydrogen (secondary N) is 2. The molecule has 4 aromatic rings. The van der Waals surface area contributed by atoms with E-state index in [2.05, 4.69) is 20.5 Å². The lowest BCUT2D eigenvalue weighted by Crippen LogP contribution is -2.40. The molecule has 8 nitrogen and oxygen atoms in total. The number of hydrogen-bond donors (Lipinski definition) is 2. The number of benzene rings is 2. The molecule has 2 aromatic carbocycles. The van der Waals surface area contributed by atoms with Crippen molar-refractivity contribution in [2.45, 2.75) is 31.4 Å². The summed E-state index contributed by atoms with van der Waals surface area (Å²) < 4.78 is 48.9. The molecule has 198 valence electrons. The van der Waals surface area contributed by atoms with Gasteiger partial charge in [-0.2, -0.15) is 15.0 Å². The Hall–Kier alpha value is -3.70. The summed E-state index contributed by atoms with van der Waals surface area (Å²) in [4.78, 5) is 16.1. The Morgan fingerprint density at radius 1 is 0.974 bits per heavy atom. The van der Waals surface area contributed by atoms with Crippen LogP contribution in [-0.2, 0) is 4.74 Å². The van der Waals surface area contributed by atoms with Gasteiger partial charge in [0.15, 0.2) is 5.82 Å². The molecule has 2 saturated heterocycles. The first-order valence-electron chi connectivity index (χ1n) is 12.8. The number of alkyl halides is 2. The van der Waals surface area contributed by atoms with E-state index in [0.717, 1.165) is 25.1 Å². The number of hydrogen-bond acceptors (Lipinski definition) is 7. The molecule has 0 spiro atoms. The summed E-state index contributed by atoms with van der Waals surface area (Å²) in [6, 6.07) is 15.2. The first kappa shape index (κ1) is 24.6. The highest BCUT2D eigenvalue weighted by Gasteiger charge is 2.27. The SMILES string of the molecule is Fc1ccc(NC2CCN(c3nc(C4CNCCO4)nc(-n4c(C(F)F)cc5ccccc54)n3)CC2)cc1. The van der Waals surface area contributed by atoms with Crippen LogP contribution in [0.3, 0.4) is 0 Å². The van der Waals surface area contributed by atoms with Gasteiger partial charge in [-0.25, -0.2) is 13.2 Å². The second kappa shape index (κ2) is 10.6. The number of fused-ring (bicyclic) bond motifs is 1. The van der Waals surface area contributed by atoms with Gasteiger partial charge < -0.3 is 20.3 Å². The van der Waals surface area contributed by atoms with Crippen molar-refractivity contribution in [2.75, 3.05) is 43.0 Å². The summed E-state index contributed by atoms with van der Waals surface area (Å²) in [6.07, 6.45) is -1.49. The molecule has 0 radical (unpaired) electrons. The van der Waals surface area contributed by atoms with E-state index in [1.54, 1.807) is 24.3 Å². The van der Waals surface area contributed by atoms with E-state index in [4.69, 9.17) is 14.7 Å².